The number of carbonyl (C=O) groups excluding carboxylic acids is 1. The van der Waals surface area contributed by atoms with Crippen molar-refractivity contribution in [2.45, 2.75) is 35.5 Å². The van der Waals surface area contributed by atoms with E-state index in [4.69, 9.17) is 19.9 Å². The lowest BCUT2D eigenvalue weighted by atomic mass is 10.1. The van der Waals surface area contributed by atoms with Gasteiger partial charge in [-0.15, -0.1) is 0 Å². The molecule has 2 aromatic carbocycles. The van der Waals surface area contributed by atoms with Crippen LogP contribution in [0.3, 0.4) is 0 Å². The molecule has 0 saturated carbocycles. The molecule has 0 saturated heterocycles. The van der Waals surface area contributed by atoms with Crippen LogP contribution >= 0.6 is 11.8 Å². The van der Waals surface area contributed by atoms with Gasteiger partial charge in [0.1, 0.15) is 12.2 Å². The molecule has 0 atom stereocenters. The average molecular weight is 524 g/mol. The molecule has 8 nitrogen and oxygen atoms in total. The van der Waals surface area contributed by atoms with E-state index >= 15 is 0 Å². The second kappa shape index (κ2) is 11.0. The van der Waals surface area contributed by atoms with Gasteiger partial charge in [-0.1, -0.05) is 11.8 Å². The molecule has 3 rings (SSSR count). The van der Waals surface area contributed by atoms with Crippen molar-refractivity contribution in [1.82, 2.24) is 9.55 Å². The van der Waals surface area contributed by atoms with Crippen molar-refractivity contribution in [2.24, 2.45) is 5.73 Å². The minimum Gasteiger partial charge on any atom is -0.493 e. The van der Waals surface area contributed by atoms with Gasteiger partial charge in [-0.3, -0.25) is 14.2 Å². The van der Waals surface area contributed by atoms with E-state index in [9.17, 15) is 22.8 Å². The molecular formula is C24H24F3N3O5S. The topological polar surface area (TPSA) is 106 Å². The lowest BCUT2D eigenvalue weighted by Gasteiger charge is -2.25. The first kappa shape index (κ1) is 27.1. The molecule has 0 aliphatic rings. The fraction of sp³-hybridized carbons (Fsp3) is 0.292. The predicted octanol–water partition coefficient (Wildman–Crippen LogP) is 4.07. The minimum absolute atomic E-state index is 0.0254. The number of nitrogens with zero attached hydrogens (tertiary/aromatic N) is 2. The fourth-order valence-electron chi connectivity index (χ4n) is 3.05. The highest BCUT2D eigenvalue weighted by Gasteiger charge is 2.30. The van der Waals surface area contributed by atoms with Crippen LogP contribution in [-0.4, -0.2) is 41.4 Å². The van der Waals surface area contributed by atoms with Crippen molar-refractivity contribution in [3.05, 3.63) is 70.8 Å². The zero-order valence-corrected chi connectivity index (χ0v) is 20.5. The van der Waals surface area contributed by atoms with Crippen LogP contribution in [-0.2, 0) is 15.7 Å². The molecule has 12 heteroatoms. The van der Waals surface area contributed by atoms with Gasteiger partial charge in [-0.05, 0) is 50.2 Å². The summed E-state index contributed by atoms with van der Waals surface area (Å²) in [5.74, 6) is 0.127. The molecule has 1 heterocycles. The van der Waals surface area contributed by atoms with Crippen molar-refractivity contribution >= 4 is 17.7 Å². The number of methoxy groups -OCH3 is 1. The van der Waals surface area contributed by atoms with E-state index in [1.165, 1.54) is 36.2 Å². The summed E-state index contributed by atoms with van der Waals surface area (Å²) in [6.45, 7) is 3.13. The monoisotopic (exact) mass is 523 g/mol. The number of benzene rings is 2. The van der Waals surface area contributed by atoms with E-state index < -0.39 is 28.9 Å². The fourth-order valence-corrected chi connectivity index (χ4v) is 3.84. The Morgan fingerprint density at radius 3 is 2.42 bits per heavy atom. The maximum Gasteiger partial charge on any atom is 0.416 e. The quantitative estimate of drug-likeness (QED) is 0.419. The number of hydrogen-bond donors (Lipinski definition) is 1. The number of halogens is 3. The van der Waals surface area contributed by atoms with Crippen molar-refractivity contribution in [3.8, 4) is 17.2 Å². The number of hydrogen-bond acceptors (Lipinski definition) is 8. The van der Waals surface area contributed by atoms with E-state index in [-0.39, 0.29) is 18.2 Å². The summed E-state index contributed by atoms with van der Waals surface area (Å²) >= 11 is 0.955. The van der Waals surface area contributed by atoms with Crippen LogP contribution in [0, 0.1) is 0 Å². The standard InChI is InChI=1S/C24H24F3N3O5S/c1-23(2,35-20(31)13-28)14-34-18-9-6-16(12-19(18)33-3)30-11-10-29-21(22(30)32)36-17-7-4-15(5-8-17)24(25,26)27/h4-12H,13-14,28H2,1-3H3. The molecular weight excluding hydrogens is 499 g/mol. The molecule has 2 N–H and O–H groups in total. The predicted molar refractivity (Wildman–Crippen MR) is 127 cm³/mol. The van der Waals surface area contributed by atoms with Crippen LogP contribution in [0.15, 0.2) is 69.6 Å². The van der Waals surface area contributed by atoms with Crippen LogP contribution in [0.2, 0.25) is 0 Å². The van der Waals surface area contributed by atoms with Gasteiger partial charge < -0.3 is 19.9 Å². The SMILES string of the molecule is COc1cc(-n2ccnc(Sc3ccc(C(F)(F)F)cc3)c2=O)ccc1OCC(C)(C)OC(=O)CN. The summed E-state index contributed by atoms with van der Waals surface area (Å²) in [7, 11) is 1.44. The molecule has 0 bridgehead atoms. The molecule has 0 aliphatic heterocycles. The van der Waals surface area contributed by atoms with Crippen LogP contribution in [0.5, 0.6) is 11.5 Å². The van der Waals surface area contributed by atoms with Crippen LogP contribution in [0.1, 0.15) is 19.4 Å². The van der Waals surface area contributed by atoms with Gasteiger partial charge in [-0.25, -0.2) is 4.98 Å². The number of aromatic nitrogens is 2. The van der Waals surface area contributed by atoms with Gasteiger partial charge in [0.05, 0.1) is 24.9 Å². The van der Waals surface area contributed by atoms with Gasteiger partial charge in [0, 0.05) is 23.4 Å². The molecule has 1 aromatic heterocycles. The third-order valence-electron chi connectivity index (χ3n) is 4.76. The highest BCUT2D eigenvalue weighted by molar-refractivity contribution is 7.99. The average Bonchev–Trinajstić information content (AvgIpc) is 2.83. The van der Waals surface area contributed by atoms with E-state index in [0.29, 0.717) is 22.1 Å². The van der Waals surface area contributed by atoms with Crippen molar-refractivity contribution in [1.29, 1.82) is 0 Å². The lowest BCUT2D eigenvalue weighted by Crippen LogP contribution is -2.37. The summed E-state index contributed by atoms with van der Waals surface area (Å²) in [4.78, 5) is 29.0. The highest BCUT2D eigenvalue weighted by atomic mass is 32.2. The zero-order chi connectivity index (χ0) is 26.5. The Balaban J connectivity index is 1.81. The van der Waals surface area contributed by atoms with Crippen LogP contribution in [0.25, 0.3) is 5.69 Å². The summed E-state index contributed by atoms with van der Waals surface area (Å²) in [5, 5.41) is 0.0834. The number of ether oxygens (including phenoxy) is 3. The summed E-state index contributed by atoms with van der Waals surface area (Å²) in [6, 6.07) is 9.29. The molecule has 0 amide bonds. The largest absolute Gasteiger partial charge is 0.493 e. The maximum absolute atomic E-state index is 13.0. The molecule has 3 aromatic rings. The summed E-state index contributed by atoms with van der Waals surface area (Å²) < 4.78 is 56.1. The Kier molecular flexibility index (Phi) is 8.31. The van der Waals surface area contributed by atoms with Crippen LogP contribution < -0.4 is 20.8 Å². The van der Waals surface area contributed by atoms with Crippen molar-refractivity contribution in [2.75, 3.05) is 20.3 Å². The maximum atomic E-state index is 13.0. The number of alkyl halides is 3. The smallest absolute Gasteiger partial charge is 0.416 e. The number of nitrogens with two attached hydrogens (primary N) is 1. The molecule has 0 radical (unpaired) electrons. The Morgan fingerprint density at radius 1 is 1.11 bits per heavy atom. The summed E-state index contributed by atoms with van der Waals surface area (Å²) in [6.07, 6.45) is -1.57. The van der Waals surface area contributed by atoms with Crippen LogP contribution in [0.4, 0.5) is 13.2 Å². The molecule has 36 heavy (non-hydrogen) atoms. The Bertz CT molecular complexity index is 1280. The Hall–Kier alpha value is -3.51. The first-order valence-corrected chi connectivity index (χ1v) is 11.4. The Labute approximate surface area is 209 Å². The van der Waals surface area contributed by atoms with E-state index in [0.717, 1.165) is 23.9 Å². The number of rotatable bonds is 9. The highest BCUT2D eigenvalue weighted by Crippen LogP contribution is 2.33. The molecule has 0 unspecified atom stereocenters. The second-order valence-corrected chi connectivity index (χ2v) is 9.16. The number of esters is 1. The third kappa shape index (κ3) is 6.79. The third-order valence-corrected chi connectivity index (χ3v) is 5.74. The lowest BCUT2D eigenvalue weighted by molar-refractivity contribution is -0.157. The van der Waals surface area contributed by atoms with Gasteiger partial charge >= 0.3 is 12.1 Å². The summed E-state index contributed by atoms with van der Waals surface area (Å²) in [5.41, 5.74) is 3.55. The molecule has 0 fully saturated rings. The van der Waals surface area contributed by atoms with E-state index in [1.807, 2.05) is 0 Å². The van der Waals surface area contributed by atoms with Crippen molar-refractivity contribution < 1.29 is 32.2 Å². The molecule has 0 aliphatic carbocycles. The van der Waals surface area contributed by atoms with Gasteiger partial charge in [0.15, 0.2) is 16.5 Å². The normalized spacial score (nSPS) is 11.8. The van der Waals surface area contributed by atoms with Gasteiger partial charge in [0.25, 0.3) is 5.56 Å². The van der Waals surface area contributed by atoms with Gasteiger partial charge in [-0.2, -0.15) is 13.2 Å². The van der Waals surface area contributed by atoms with E-state index in [1.54, 1.807) is 32.0 Å². The first-order valence-electron chi connectivity index (χ1n) is 10.6. The van der Waals surface area contributed by atoms with Crippen molar-refractivity contribution in [3.63, 3.8) is 0 Å². The Morgan fingerprint density at radius 2 is 1.81 bits per heavy atom. The molecule has 0 spiro atoms. The minimum atomic E-state index is -4.44. The first-order chi connectivity index (χ1) is 16.9. The number of carbonyl (C=O) groups is 1. The second-order valence-electron chi connectivity index (χ2n) is 8.09. The zero-order valence-electron chi connectivity index (χ0n) is 19.7. The van der Waals surface area contributed by atoms with E-state index in [2.05, 4.69) is 4.98 Å². The molecule has 192 valence electrons. The van der Waals surface area contributed by atoms with Gasteiger partial charge in [0.2, 0.25) is 0 Å².